The Morgan fingerprint density at radius 1 is 1.14 bits per heavy atom. The number of aromatic carboxylic acids is 1. The summed E-state index contributed by atoms with van der Waals surface area (Å²) in [6, 6.07) is 4.20. The monoisotopic (exact) mass is 521 g/mol. The van der Waals surface area contributed by atoms with Crippen molar-refractivity contribution in [2.24, 2.45) is 11.8 Å². The first-order chi connectivity index (χ1) is 17.5. The van der Waals surface area contributed by atoms with E-state index in [0.717, 1.165) is 53.1 Å². The highest BCUT2D eigenvalue weighted by atomic mass is 32.1. The van der Waals surface area contributed by atoms with E-state index in [1.165, 1.54) is 48.2 Å². The van der Waals surface area contributed by atoms with Crippen molar-refractivity contribution < 1.29 is 9.90 Å². The lowest BCUT2D eigenvalue weighted by atomic mass is 9.75. The zero-order valence-electron chi connectivity index (χ0n) is 23.0. The zero-order valence-corrected chi connectivity index (χ0v) is 23.8. The molecule has 0 unspecified atom stereocenters. The molecule has 2 aliphatic rings. The van der Waals surface area contributed by atoms with Gasteiger partial charge in [0.25, 0.3) is 5.78 Å². The lowest BCUT2D eigenvalue weighted by molar-refractivity contribution is 0.0702. The van der Waals surface area contributed by atoms with Gasteiger partial charge in [-0.3, -0.25) is 4.90 Å². The molecule has 0 aromatic carbocycles. The van der Waals surface area contributed by atoms with Gasteiger partial charge in [-0.15, -0.1) is 16.4 Å². The highest BCUT2D eigenvalue weighted by Crippen LogP contribution is 2.43. The van der Waals surface area contributed by atoms with Crippen LogP contribution in [0.25, 0.3) is 11.4 Å². The molecule has 198 valence electrons. The molecular weight excluding hydrogens is 482 g/mol. The zero-order chi connectivity index (χ0) is 26.5. The molecule has 1 aliphatic heterocycles. The maximum atomic E-state index is 12.3. The maximum absolute atomic E-state index is 12.3. The maximum Gasteiger partial charge on any atom is 0.346 e. The summed E-state index contributed by atoms with van der Waals surface area (Å²) < 4.78 is 1.83. The molecule has 4 heterocycles. The molecular formula is C29H39N5O2S. The van der Waals surface area contributed by atoms with E-state index in [4.69, 9.17) is 10.1 Å². The largest absolute Gasteiger partial charge is 0.477 e. The standard InChI is InChI=1S/C29H39N5O2S/c1-17-7-9-20(10-8-17)23-15-33(16-25-31-28-30-18(2)13-19(3)34(28)32-25)12-11-21(23)22-14-24(29(4,5)6)37-26(22)27(35)36/h13-14,17,20H,7-12,15-16H2,1-6H3,(H,35,36). The molecule has 37 heavy (non-hydrogen) atoms. The number of carboxylic acids is 1. The van der Waals surface area contributed by atoms with E-state index in [9.17, 15) is 9.90 Å². The van der Waals surface area contributed by atoms with Crippen LogP contribution in [0, 0.1) is 25.7 Å². The Morgan fingerprint density at radius 2 is 1.86 bits per heavy atom. The Morgan fingerprint density at radius 3 is 2.54 bits per heavy atom. The van der Waals surface area contributed by atoms with Gasteiger partial charge in [-0.2, -0.15) is 4.98 Å². The second-order valence-corrected chi connectivity index (χ2v) is 13.2. The summed E-state index contributed by atoms with van der Waals surface area (Å²) in [5, 5.41) is 14.9. The number of hydrogen-bond donors (Lipinski definition) is 1. The second-order valence-electron chi connectivity index (χ2n) is 12.1. The molecule has 0 saturated heterocycles. The Labute approximate surface area is 223 Å². The van der Waals surface area contributed by atoms with Gasteiger partial charge in [0.1, 0.15) is 4.88 Å². The minimum Gasteiger partial charge on any atom is -0.477 e. The summed E-state index contributed by atoms with van der Waals surface area (Å²) >= 11 is 1.45. The Bertz CT molecular complexity index is 1350. The van der Waals surface area contributed by atoms with Crippen molar-refractivity contribution >= 4 is 28.7 Å². The van der Waals surface area contributed by atoms with Crippen molar-refractivity contribution in [2.75, 3.05) is 13.1 Å². The first-order valence-electron chi connectivity index (χ1n) is 13.5. The fraction of sp³-hybridized carbons (Fsp3) is 0.586. The third-order valence-electron chi connectivity index (χ3n) is 7.99. The second kappa shape index (κ2) is 9.95. The lowest BCUT2D eigenvalue weighted by Crippen LogP contribution is -2.34. The molecule has 1 N–H and O–H groups in total. The molecule has 8 heteroatoms. The van der Waals surface area contributed by atoms with Gasteiger partial charge < -0.3 is 5.11 Å². The number of hydrogen-bond acceptors (Lipinski definition) is 6. The van der Waals surface area contributed by atoms with E-state index >= 15 is 0 Å². The molecule has 5 rings (SSSR count). The molecule has 1 saturated carbocycles. The van der Waals surface area contributed by atoms with Gasteiger partial charge in [0.2, 0.25) is 0 Å². The minimum atomic E-state index is -0.811. The fourth-order valence-corrected chi connectivity index (χ4v) is 6.97. The van der Waals surface area contributed by atoms with E-state index in [1.54, 1.807) is 0 Å². The lowest BCUT2D eigenvalue weighted by Gasteiger charge is -2.37. The number of aryl methyl sites for hydroxylation is 2. The van der Waals surface area contributed by atoms with Gasteiger partial charge in [0.15, 0.2) is 5.82 Å². The van der Waals surface area contributed by atoms with Gasteiger partial charge >= 0.3 is 5.97 Å². The van der Waals surface area contributed by atoms with Crippen molar-refractivity contribution in [3.05, 3.63) is 50.2 Å². The SMILES string of the molecule is Cc1cc(C)n2nc(CN3CCC(c4cc(C(C)(C)C)sc4C(=O)O)=C(C4CCC(C)CC4)C3)nc2n1. The topological polar surface area (TPSA) is 83.6 Å². The number of carboxylic acid groups (broad SMARTS) is 1. The summed E-state index contributed by atoms with van der Waals surface area (Å²) in [5.74, 6) is 1.91. The van der Waals surface area contributed by atoms with Crippen LogP contribution in [0.1, 0.15) is 97.1 Å². The summed E-state index contributed by atoms with van der Waals surface area (Å²) in [4.78, 5) is 25.7. The Hall–Kier alpha value is -2.58. The van der Waals surface area contributed by atoms with Crippen LogP contribution in [0.3, 0.4) is 0 Å². The molecule has 1 aliphatic carbocycles. The van der Waals surface area contributed by atoms with Crippen LogP contribution in [0.15, 0.2) is 17.7 Å². The summed E-state index contributed by atoms with van der Waals surface area (Å²) in [6.07, 6.45) is 5.69. The quantitative estimate of drug-likeness (QED) is 0.425. The van der Waals surface area contributed by atoms with Crippen molar-refractivity contribution in [1.29, 1.82) is 0 Å². The van der Waals surface area contributed by atoms with Crippen molar-refractivity contribution in [3.8, 4) is 0 Å². The first kappa shape index (κ1) is 26.0. The van der Waals surface area contributed by atoms with Crippen LogP contribution in [-0.2, 0) is 12.0 Å². The minimum absolute atomic E-state index is 0.0753. The third kappa shape index (κ3) is 5.36. The van der Waals surface area contributed by atoms with Crippen LogP contribution in [-0.4, -0.2) is 48.6 Å². The average molecular weight is 522 g/mol. The number of nitrogens with zero attached hydrogens (tertiary/aromatic N) is 5. The highest BCUT2D eigenvalue weighted by Gasteiger charge is 2.32. The number of aromatic nitrogens is 4. The van der Waals surface area contributed by atoms with Crippen LogP contribution in [0.4, 0.5) is 0 Å². The van der Waals surface area contributed by atoms with E-state index in [2.05, 4.69) is 43.6 Å². The van der Waals surface area contributed by atoms with Crippen molar-refractivity contribution in [3.63, 3.8) is 0 Å². The molecule has 0 bridgehead atoms. The molecule has 0 atom stereocenters. The summed E-state index contributed by atoms with van der Waals surface area (Å²) in [5.41, 5.74) is 5.57. The van der Waals surface area contributed by atoms with Crippen LogP contribution in [0.2, 0.25) is 0 Å². The van der Waals surface area contributed by atoms with Gasteiger partial charge in [0.05, 0.1) is 6.54 Å². The molecule has 0 spiro atoms. The number of carbonyl (C=O) groups is 1. The van der Waals surface area contributed by atoms with E-state index in [-0.39, 0.29) is 5.41 Å². The van der Waals surface area contributed by atoms with Crippen molar-refractivity contribution in [1.82, 2.24) is 24.5 Å². The van der Waals surface area contributed by atoms with Crippen LogP contribution < -0.4 is 0 Å². The average Bonchev–Trinajstić information content (AvgIpc) is 3.44. The Kier molecular flexibility index (Phi) is 7.00. The molecule has 0 radical (unpaired) electrons. The summed E-state index contributed by atoms with van der Waals surface area (Å²) in [6.45, 7) is 15.2. The fourth-order valence-electron chi connectivity index (χ4n) is 5.89. The van der Waals surface area contributed by atoms with E-state index < -0.39 is 5.97 Å². The van der Waals surface area contributed by atoms with Gasteiger partial charge in [-0.25, -0.2) is 14.3 Å². The number of fused-ring (bicyclic) bond motifs is 1. The van der Waals surface area contributed by atoms with Crippen molar-refractivity contribution in [2.45, 2.75) is 85.6 Å². The van der Waals surface area contributed by atoms with Gasteiger partial charge in [-0.05, 0) is 73.6 Å². The number of rotatable bonds is 5. The third-order valence-corrected chi connectivity index (χ3v) is 9.53. The molecule has 0 amide bonds. The molecule has 7 nitrogen and oxygen atoms in total. The van der Waals surface area contributed by atoms with E-state index in [1.807, 2.05) is 24.4 Å². The smallest absolute Gasteiger partial charge is 0.346 e. The normalized spacial score (nSPS) is 21.7. The molecule has 3 aromatic heterocycles. The predicted octanol–water partition coefficient (Wildman–Crippen LogP) is 6.28. The van der Waals surface area contributed by atoms with Crippen LogP contribution >= 0.6 is 11.3 Å². The van der Waals surface area contributed by atoms with Gasteiger partial charge in [0, 0.05) is 34.9 Å². The predicted molar refractivity (Wildman–Crippen MR) is 148 cm³/mol. The highest BCUT2D eigenvalue weighted by molar-refractivity contribution is 7.14. The Balaban J connectivity index is 1.50. The molecule has 1 fully saturated rings. The first-order valence-corrected chi connectivity index (χ1v) is 14.3. The van der Waals surface area contributed by atoms with E-state index in [0.29, 0.717) is 23.1 Å². The molecule has 3 aromatic rings. The summed E-state index contributed by atoms with van der Waals surface area (Å²) in [7, 11) is 0. The van der Waals surface area contributed by atoms with Gasteiger partial charge in [-0.1, -0.05) is 40.5 Å². The van der Waals surface area contributed by atoms with Crippen LogP contribution in [0.5, 0.6) is 0 Å². The number of thiophene rings is 1.